The minimum atomic E-state index is -0.615. The molecule has 1 heterocycles. The number of carbonyl (C=O) groups excluding carboxylic acids is 2. The number of fused-ring (bicyclic) bond motifs is 1. The molecule has 102 valence electrons. The van der Waals surface area contributed by atoms with Gasteiger partial charge in [-0.2, -0.15) is 0 Å². The summed E-state index contributed by atoms with van der Waals surface area (Å²) in [6.07, 6.45) is 3.14. The lowest BCUT2D eigenvalue weighted by atomic mass is 9.62. The van der Waals surface area contributed by atoms with Gasteiger partial charge in [-0.25, -0.2) is 0 Å². The summed E-state index contributed by atoms with van der Waals surface area (Å²) in [6.45, 7) is 6.14. The third-order valence-corrected chi connectivity index (χ3v) is 4.63. The summed E-state index contributed by atoms with van der Waals surface area (Å²) in [5.74, 6) is -0.149. The summed E-state index contributed by atoms with van der Waals surface area (Å²) in [4.78, 5) is 24.0. The van der Waals surface area contributed by atoms with Crippen LogP contribution in [-0.2, 0) is 14.3 Å². The maximum absolute atomic E-state index is 12.1. The lowest BCUT2D eigenvalue weighted by Gasteiger charge is -2.49. The van der Waals surface area contributed by atoms with E-state index in [2.05, 4.69) is 12.2 Å². The molecule has 1 saturated carbocycles. The van der Waals surface area contributed by atoms with Gasteiger partial charge in [0, 0.05) is 13.0 Å². The van der Waals surface area contributed by atoms with E-state index in [9.17, 15) is 9.59 Å². The summed E-state index contributed by atoms with van der Waals surface area (Å²) in [6, 6.07) is 0. The van der Waals surface area contributed by atoms with Gasteiger partial charge in [-0.15, -0.1) is 0 Å². The molecule has 0 aromatic rings. The molecular formula is C14H23NO3. The van der Waals surface area contributed by atoms with Crippen molar-refractivity contribution in [2.45, 2.75) is 45.6 Å². The first-order valence-corrected chi connectivity index (χ1v) is 6.81. The highest BCUT2D eigenvalue weighted by Gasteiger charge is 2.53. The van der Waals surface area contributed by atoms with Gasteiger partial charge in [-0.3, -0.25) is 9.59 Å². The standard InChI is InChI=1S/C14H23NO3/c1-8-5-6-10-9(7-8)11(12(16)15-4)13(17)18-14(10,2)3/h8-11H,5-7H2,1-4H3,(H,15,16)/t8-,9-,10-,11-/m1/s1. The summed E-state index contributed by atoms with van der Waals surface area (Å²) in [5.41, 5.74) is -0.438. The van der Waals surface area contributed by atoms with E-state index in [1.807, 2.05) is 13.8 Å². The van der Waals surface area contributed by atoms with Crippen molar-refractivity contribution in [1.82, 2.24) is 5.32 Å². The smallest absolute Gasteiger partial charge is 0.319 e. The molecule has 0 bridgehead atoms. The highest BCUT2D eigenvalue weighted by Crippen LogP contribution is 2.48. The average Bonchev–Trinajstić information content (AvgIpc) is 2.26. The van der Waals surface area contributed by atoms with E-state index in [0.717, 1.165) is 19.3 Å². The van der Waals surface area contributed by atoms with Crippen LogP contribution in [0.2, 0.25) is 0 Å². The first-order valence-electron chi connectivity index (χ1n) is 6.81. The summed E-state index contributed by atoms with van der Waals surface area (Å²) >= 11 is 0. The Morgan fingerprint density at radius 2 is 2.06 bits per heavy atom. The second kappa shape index (κ2) is 4.56. The fraction of sp³-hybridized carbons (Fsp3) is 0.857. The van der Waals surface area contributed by atoms with Gasteiger partial charge >= 0.3 is 5.97 Å². The van der Waals surface area contributed by atoms with Crippen LogP contribution in [0.3, 0.4) is 0 Å². The molecule has 4 nitrogen and oxygen atoms in total. The predicted molar refractivity (Wildman–Crippen MR) is 67.7 cm³/mol. The minimum Gasteiger partial charge on any atom is -0.459 e. The van der Waals surface area contributed by atoms with E-state index in [1.54, 1.807) is 7.05 Å². The zero-order valence-corrected chi connectivity index (χ0v) is 11.7. The Labute approximate surface area is 108 Å². The number of cyclic esters (lactones) is 1. The molecule has 0 aromatic carbocycles. The van der Waals surface area contributed by atoms with E-state index in [1.165, 1.54) is 0 Å². The molecule has 4 atom stereocenters. The Kier molecular flexibility index (Phi) is 3.39. The van der Waals surface area contributed by atoms with Crippen LogP contribution in [0.1, 0.15) is 40.0 Å². The summed E-state index contributed by atoms with van der Waals surface area (Å²) in [7, 11) is 1.58. The first-order chi connectivity index (χ1) is 8.36. The van der Waals surface area contributed by atoms with E-state index < -0.39 is 11.5 Å². The maximum Gasteiger partial charge on any atom is 0.319 e. The zero-order chi connectivity index (χ0) is 13.5. The van der Waals surface area contributed by atoms with Gasteiger partial charge in [-0.05, 0) is 38.5 Å². The van der Waals surface area contributed by atoms with Crippen molar-refractivity contribution in [3.05, 3.63) is 0 Å². The molecule has 1 saturated heterocycles. The van der Waals surface area contributed by atoms with Gasteiger partial charge in [0.25, 0.3) is 0 Å². The fourth-order valence-electron chi connectivity index (χ4n) is 3.69. The second-order valence-corrected chi connectivity index (χ2v) is 6.31. The SMILES string of the molecule is CNC(=O)[C@@H]1C(=O)OC(C)(C)[C@@H]2CC[C@@H](C)C[C@@H]12. The van der Waals surface area contributed by atoms with Crippen molar-refractivity contribution < 1.29 is 14.3 Å². The number of amides is 1. The van der Waals surface area contributed by atoms with Crippen LogP contribution >= 0.6 is 0 Å². The van der Waals surface area contributed by atoms with Crippen LogP contribution < -0.4 is 5.32 Å². The molecule has 2 rings (SSSR count). The van der Waals surface area contributed by atoms with E-state index in [4.69, 9.17) is 4.74 Å². The quantitative estimate of drug-likeness (QED) is 0.572. The molecule has 0 radical (unpaired) electrons. The first kappa shape index (κ1) is 13.4. The Morgan fingerprint density at radius 3 is 2.67 bits per heavy atom. The molecule has 1 aliphatic heterocycles. The number of rotatable bonds is 1. The largest absolute Gasteiger partial charge is 0.459 e. The third kappa shape index (κ3) is 2.13. The molecule has 1 amide bonds. The van der Waals surface area contributed by atoms with Crippen molar-refractivity contribution in [1.29, 1.82) is 0 Å². The van der Waals surface area contributed by atoms with Gasteiger partial charge in [-0.1, -0.05) is 13.3 Å². The van der Waals surface area contributed by atoms with E-state index >= 15 is 0 Å². The molecule has 2 fully saturated rings. The number of esters is 1. The van der Waals surface area contributed by atoms with Crippen LogP contribution in [0.5, 0.6) is 0 Å². The third-order valence-electron chi connectivity index (χ3n) is 4.63. The highest BCUT2D eigenvalue weighted by molar-refractivity contribution is 5.98. The number of carbonyl (C=O) groups is 2. The van der Waals surface area contributed by atoms with Gasteiger partial charge in [0.2, 0.25) is 5.91 Å². The van der Waals surface area contributed by atoms with Crippen molar-refractivity contribution >= 4 is 11.9 Å². The van der Waals surface area contributed by atoms with Crippen molar-refractivity contribution in [2.75, 3.05) is 7.05 Å². The monoisotopic (exact) mass is 253 g/mol. The van der Waals surface area contributed by atoms with Gasteiger partial charge < -0.3 is 10.1 Å². The number of nitrogens with one attached hydrogen (secondary N) is 1. The topological polar surface area (TPSA) is 55.4 Å². The van der Waals surface area contributed by atoms with Gasteiger partial charge in [0.15, 0.2) is 0 Å². The van der Waals surface area contributed by atoms with Crippen molar-refractivity contribution in [3.8, 4) is 0 Å². The summed E-state index contributed by atoms with van der Waals surface area (Å²) in [5, 5.41) is 2.60. The average molecular weight is 253 g/mol. The van der Waals surface area contributed by atoms with Crippen LogP contribution in [0.25, 0.3) is 0 Å². The molecule has 0 aromatic heterocycles. The maximum atomic E-state index is 12.1. The van der Waals surface area contributed by atoms with Crippen LogP contribution in [0.15, 0.2) is 0 Å². The molecule has 0 spiro atoms. The fourth-order valence-corrected chi connectivity index (χ4v) is 3.69. The molecule has 4 heteroatoms. The molecule has 1 N–H and O–H groups in total. The number of ether oxygens (including phenoxy) is 1. The molecule has 2 aliphatic rings. The number of hydrogen-bond acceptors (Lipinski definition) is 3. The highest BCUT2D eigenvalue weighted by atomic mass is 16.6. The zero-order valence-electron chi connectivity index (χ0n) is 11.7. The molecule has 0 unspecified atom stereocenters. The van der Waals surface area contributed by atoms with E-state index in [0.29, 0.717) is 11.8 Å². The Hall–Kier alpha value is -1.06. The van der Waals surface area contributed by atoms with Gasteiger partial charge in [0.1, 0.15) is 11.5 Å². The summed E-state index contributed by atoms with van der Waals surface area (Å²) < 4.78 is 5.51. The molecular weight excluding hydrogens is 230 g/mol. The predicted octanol–water partition coefficient (Wildman–Crippen LogP) is 1.74. The molecule has 18 heavy (non-hydrogen) atoms. The molecule has 1 aliphatic carbocycles. The van der Waals surface area contributed by atoms with E-state index in [-0.39, 0.29) is 17.8 Å². The van der Waals surface area contributed by atoms with Crippen LogP contribution in [0, 0.1) is 23.7 Å². The minimum absolute atomic E-state index is 0.130. The lowest BCUT2D eigenvalue weighted by Crippen LogP contribution is -2.56. The number of hydrogen-bond donors (Lipinski definition) is 1. The second-order valence-electron chi connectivity index (χ2n) is 6.31. The van der Waals surface area contributed by atoms with Crippen LogP contribution in [-0.4, -0.2) is 24.5 Å². The van der Waals surface area contributed by atoms with Crippen molar-refractivity contribution in [2.24, 2.45) is 23.7 Å². The Morgan fingerprint density at radius 1 is 1.39 bits per heavy atom. The van der Waals surface area contributed by atoms with Gasteiger partial charge in [0.05, 0.1) is 0 Å². The lowest BCUT2D eigenvalue weighted by molar-refractivity contribution is -0.194. The van der Waals surface area contributed by atoms with Crippen molar-refractivity contribution in [3.63, 3.8) is 0 Å². The normalized spacial score (nSPS) is 38.6. The Bertz CT molecular complexity index is 364. The van der Waals surface area contributed by atoms with Crippen LogP contribution in [0.4, 0.5) is 0 Å². The Balaban J connectivity index is 2.31.